The van der Waals surface area contributed by atoms with Gasteiger partial charge in [0, 0.05) is 4.92 Å². The number of rotatable bonds is 0. The second-order valence-electron chi connectivity index (χ2n) is 2.20. The quantitative estimate of drug-likeness (QED) is 0.296. The van der Waals surface area contributed by atoms with Gasteiger partial charge in [-0.15, -0.1) is 0 Å². The van der Waals surface area contributed by atoms with Crippen molar-refractivity contribution < 1.29 is 4.92 Å². The van der Waals surface area contributed by atoms with Gasteiger partial charge in [0.25, 0.3) is 0 Å². The van der Waals surface area contributed by atoms with Gasteiger partial charge in [-0.25, -0.2) is 0 Å². The fraction of sp³-hybridized carbons (Fsp3) is 0.714. The van der Waals surface area contributed by atoms with Gasteiger partial charge in [-0.1, -0.05) is 12.2 Å². The molecule has 0 atom stereocenters. The standard InChI is InChI=1S/C6H10.CH3NO2/c1-2-4-6-5-3-1;1-2(3)4/h1-2H,3-6H2;1H3. The Labute approximate surface area is 60.9 Å². The Morgan fingerprint density at radius 3 is 1.70 bits per heavy atom. The van der Waals surface area contributed by atoms with Gasteiger partial charge in [0.15, 0.2) is 7.05 Å². The van der Waals surface area contributed by atoms with Crippen LogP contribution < -0.4 is 0 Å². The summed E-state index contributed by atoms with van der Waals surface area (Å²) in [6.07, 6.45) is 10.0. The normalized spacial score (nSPS) is 15.3. The van der Waals surface area contributed by atoms with Gasteiger partial charge in [-0.05, 0) is 25.7 Å². The average Bonchev–Trinajstić information content (AvgIpc) is 1.90. The van der Waals surface area contributed by atoms with E-state index in [1.54, 1.807) is 0 Å². The second-order valence-corrected chi connectivity index (χ2v) is 2.20. The van der Waals surface area contributed by atoms with Crippen LogP contribution in [-0.4, -0.2) is 12.0 Å². The largest absolute Gasteiger partial charge is 0.265 e. The summed E-state index contributed by atoms with van der Waals surface area (Å²) in [4.78, 5) is 8.31. The maximum Gasteiger partial charge on any atom is 0.194 e. The third-order valence-electron chi connectivity index (χ3n) is 1.16. The van der Waals surface area contributed by atoms with Crippen LogP contribution in [0.4, 0.5) is 0 Å². The van der Waals surface area contributed by atoms with E-state index in [2.05, 4.69) is 12.2 Å². The van der Waals surface area contributed by atoms with Crippen LogP contribution in [-0.2, 0) is 0 Å². The summed E-state index contributed by atoms with van der Waals surface area (Å²) in [5.41, 5.74) is 0. The van der Waals surface area contributed by atoms with E-state index in [0.717, 1.165) is 7.05 Å². The minimum Gasteiger partial charge on any atom is -0.265 e. The van der Waals surface area contributed by atoms with Crippen LogP contribution >= 0.6 is 0 Å². The molecule has 3 heteroatoms. The van der Waals surface area contributed by atoms with Crippen LogP contribution in [0, 0.1) is 10.1 Å². The number of nitrogens with zero attached hydrogens (tertiary/aromatic N) is 1. The van der Waals surface area contributed by atoms with Crippen LogP contribution in [0.15, 0.2) is 12.2 Å². The zero-order chi connectivity index (χ0) is 7.82. The Balaban J connectivity index is 0.000000180. The molecular weight excluding hydrogens is 130 g/mol. The van der Waals surface area contributed by atoms with Crippen molar-refractivity contribution in [1.82, 2.24) is 0 Å². The molecule has 0 heterocycles. The minimum absolute atomic E-state index is 0.500. The van der Waals surface area contributed by atoms with Crippen molar-refractivity contribution in [2.45, 2.75) is 25.7 Å². The van der Waals surface area contributed by atoms with Crippen LogP contribution in [0.1, 0.15) is 25.7 Å². The van der Waals surface area contributed by atoms with E-state index in [1.807, 2.05) is 0 Å². The highest BCUT2D eigenvalue weighted by Gasteiger charge is 1.87. The third kappa shape index (κ3) is 10.2. The highest BCUT2D eigenvalue weighted by Crippen LogP contribution is 2.07. The number of allylic oxidation sites excluding steroid dienone is 2. The zero-order valence-electron chi connectivity index (χ0n) is 6.25. The van der Waals surface area contributed by atoms with E-state index in [9.17, 15) is 0 Å². The molecule has 0 aromatic rings. The predicted octanol–water partition coefficient (Wildman–Crippen LogP) is 2.01. The van der Waals surface area contributed by atoms with Crippen molar-refractivity contribution in [2.24, 2.45) is 0 Å². The van der Waals surface area contributed by atoms with Gasteiger partial charge >= 0.3 is 0 Å². The Kier molecular flexibility index (Phi) is 5.72. The van der Waals surface area contributed by atoms with Crippen LogP contribution in [0.25, 0.3) is 0 Å². The van der Waals surface area contributed by atoms with E-state index in [1.165, 1.54) is 25.7 Å². The maximum absolute atomic E-state index is 8.81. The van der Waals surface area contributed by atoms with Gasteiger partial charge in [0.1, 0.15) is 0 Å². The van der Waals surface area contributed by atoms with Crippen LogP contribution in [0.3, 0.4) is 0 Å². The first-order valence-corrected chi connectivity index (χ1v) is 3.46. The molecule has 1 aliphatic carbocycles. The summed E-state index contributed by atoms with van der Waals surface area (Å²) >= 11 is 0. The Morgan fingerprint density at radius 1 is 1.30 bits per heavy atom. The molecule has 3 nitrogen and oxygen atoms in total. The first-order chi connectivity index (χ1) is 4.73. The minimum atomic E-state index is -0.500. The summed E-state index contributed by atoms with van der Waals surface area (Å²) in [6, 6.07) is 0. The van der Waals surface area contributed by atoms with Crippen molar-refractivity contribution in [1.29, 1.82) is 0 Å². The SMILES string of the molecule is C1=CCCCC1.C[N+](=O)[O-]. The topological polar surface area (TPSA) is 43.1 Å². The molecule has 0 fully saturated rings. The molecule has 0 unspecified atom stereocenters. The van der Waals surface area contributed by atoms with E-state index in [-0.39, 0.29) is 0 Å². The maximum atomic E-state index is 8.81. The van der Waals surface area contributed by atoms with Gasteiger partial charge < -0.3 is 0 Å². The van der Waals surface area contributed by atoms with Gasteiger partial charge in [-0.3, -0.25) is 10.1 Å². The molecule has 10 heavy (non-hydrogen) atoms. The van der Waals surface area contributed by atoms with E-state index < -0.39 is 4.92 Å². The summed E-state index contributed by atoms with van der Waals surface area (Å²) in [5.74, 6) is 0. The van der Waals surface area contributed by atoms with E-state index >= 15 is 0 Å². The van der Waals surface area contributed by atoms with E-state index in [4.69, 9.17) is 10.1 Å². The first-order valence-electron chi connectivity index (χ1n) is 3.46. The van der Waals surface area contributed by atoms with Gasteiger partial charge in [-0.2, -0.15) is 0 Å². The average molecular weight is 143 g/mol. The lowest BCUT2D eigenvalue weighted by atomic mass is 10.1. The van der Waals surface area contributed by atoms with Gasteiger partial charge in [0.05, 0.1) is 0 Å². The Hall–Kier alpha value is -0.860. The Bertz CT molecular complexity index is 109. The third-order valence-corrected chi connectivity index (χ3v) is 1.16. The fourth-order valence-electron chi connectivity index (χ4n) is 0.760. The number of hydrogen-bond donors (Lipinski definition) is 0. The molecule has 0 aliphatic heterocycles. The predicted molar refractivity (Wildman–Crippen MR) is 40.5 cm³/mol. The molecule has 0 aromatic carbocycles. The molecule has 0 N–H and O–H groups in total. The van der Waals surface area contributed by atoms with Crippen LogP contribution in [0.2, 0.25) is 0 Å². The molecule has 0 spiro atoms. The second kappa shape index (κ2) is 6.26. The smallest absolute Gasteiger partial charge is 0.194 e. The highest BCUT2D eigenvalue weighted by atomic mass is 16.6. The lowest BCUT2D eigenvalue weighted by molar-refractivity contribution is -0.445. The van der Waals surface area contributed by atoms with Crippen LogP contribution in [0.5, 0.6) is 0 Å². The van der Waals surface area contributed by atoms with Crippen molar-refractivity contribution in [2.75, 3.05) is 7.05 Å². The van der Waals surface area contributed by atoms with E-state index in [0.29, 0.717) is 0 Å². The van der Waals surface area contributed by atoms with Crippen molar-refractivity contribution in [3.63, 3.8) is 0 Å². The molecule has 0 radical (unpaired) electrons. The molecule has 0 bridgehead atoms. The molecule has 0 saturated heterocycles. The summed E-state index contributed by atoms with van der Waals surface area (Å²) in [7, 11) is 0.889. The lowest BCUT2D eigenvalue weighted by Crippen LogP contribution is -1.79. The molecule has 58 valence electrons. The Morgan fingerprint density at radius 2 is 1.60 bits per heavy atom. The molecule has 0 aromatic heterocycles. The van der Waals surface area contributed by atoms with Crippen molar-refractivity contribution in [3.05, 3.63) is 22.3 Å². The monoisotopic (exact) mass is 143 g/mol. The number of nitro groups is 1. The van der Waals surface area contributed by atoms with Crippen molar-refractivity contribution >= 4 is 0 Å². The summed E-state index contributed by atoms with van der Waals surface area (Å²) in [5, 5.41) is 8.81. The molecule has 0 saturated carbocycles. The first kappa shape index (κ1) is 9.14. The number of hydrogen-bond acceptors (Lipinski definition) is 2. The lowest BCUT2D eigenvalue weighted by Gasteiger charge is -1.97. The van der Waals surface area contributed by atoms with Crippen molar-refractivity contribution in [3.8, 4) is 0 Å². The molecular formula is C7H13NO2. The molecule has 1 aliphatic rings. The molecule has 0 amide bonds. The summed E-state index contributed by atoms with van der Waals surface area (Å²) < 4.78 is 0. The fourth-order valence-corrected chi connectivity index (χ4v) is 0.760. The summed E-state index contributed by atoms with van der Waals surface area (Å²) in [6.45, 7) is 0. The zero-order valence-corrected chi connectivity index (χ0v) is 6.25. The van der Waals surface area contributed by atoms with Gasteiger partial charge in [0.2, 0.25) is 0 Å². The highest BCUT2D eigenvalue weighted by molar-refractivity contribution is 4.85. The molecule has 1 rings (SSSR count).